The molecule has 0 saturated carbocycles. The summed E-state index contributed by atoms with van der Waals surface area (Å²) in [7, 11) is 0. The van der Waals surface area contributed by atoms with Gasteiger partial charge in [0.15, 0.2) is 0 Å². The van der Waals surface area contributed by atoms with Crippen molar-refractivity contribution in [3.63, 3.8) is 0 Å². The van der Waals surface area contributed by atoms with Gasteiger partial charge in [0.25, 0.3) is 0 Å². The third kappa shape index (κ3) is 3.67. The number of nitrogens with zero attached hydrogens (tertiary/aromatic N) is 1. The summed E-state index contributed by atoms with van der Waals surface area (Å²) in [5, 5.41) is 27.2. The lowest BCUT2D eigenvalue weighted by Crippen LogP contribution is -2.22. The van der Waals surface area contributed by atoms with E-state index in [2.05, 4.69) is 4.98 Å². The van der Waals surface area contributed by atoms with Crippen LogP contribution in [0.25, 0.3) is 0 Å². The van der Waals surface area contributed by atoms with Crippen LogP contribution in [0, 0.1) is 0 Å². The predicted octanol–water partition coefficient (Wildman–Crippen LogP) is 0.969. The van der Waals surface area contributed by atoms with Crippen LogP contribution in [0.3, 0.4) is 0 Å². The molecule has 0 aliphatic rings. The maximum absolute atomic E-state index is 12.3. The van der Waals surface area contributed by atoms with Gasteiger partial charge in [-0.05, 0) is 17.7 Å². The maximum atomic E-state index is 12.3. The Morgan fingerprint density at radius 1 is 1.39 bits per heavy atom. The Balaban J connectivity index is 2.93. The molecular formula is C10H10F3NO4. The highest BCUT2D eigenvalue weighted by Gasteiger charge is 2.33. The van der Waals surface area contributed by atoms with E-state index in [1.807, 2.05) is 0 Å². The summed E-state index contributed by atoms with van der Waals surface area (Å²) in [6.45, 7) is 0. The molecule has 0 bridgehead atoms. The number of hydrogen-bond donors (Lipinski definition) is 3. The molecule has 1 heterocycles. The van der Waals surface area contributed by atoms with Gasteiger partial charge in [0.1, 0.15) is 11.8 Å². The van der Waals surface area contributed by atoms with E-state index in [1.54, 1.807) is 0 Å². The van der Waals surface area contributed by atoms with E-state index in [9.17, 15) is 28.2 Å². The fraction of sp³-hybridized carbons (Fsp3) is 0.400. The third-order valence-electron chi connectivity index (χ3n) is 2.16. The SMILES string of the molecule is O=C(O)CC(O)C(O)c1ccnc(C(F)(F)F)c1. The van der Waals surface area contributed by atoms with E-state index < -0.39 is 36.5 Å². The summed E-state index contributed by atoms with van der Waals surface area (Å²) in [5.74, 6) is -1.37. The number of aliphatic hydroxyl groups is 2. The number of carboxylic acids is 1. The molecule has 1 aromatic heterocycles. The molecule has 2 unspecified atom stereocenters. The average molecular weight is 265 g/mol. The molecule has 0 saturated heterocycles. The molecule has 5 nitrogen and oxygen atoms in total. The van der Waals surface area contributed by atoms with Crippen molar-refractivity contribution in [1.29, 1.82) is 0 Å². The Kier molecular flexibility index (Phi) is 4.25. The molecule has 100 valence electrons. The van der Waals surface area contributed by atoms with Crippen molar-refractivity contribution in [1.82, 2.24) is 4.98 Å². The Hall–Kier alpha value is -1.67. The van der Waals surface area contributed by atoms with E-state index >= 15 is 0 Å². The van der Waals surface area contributed by atoms with E-state index in [4.69, 9.17) is 5.11 Å². The van der Waals surface area contributed by atoms with Crippen LogP contribution < -0.4 is 0 Å². The van der Waals surface area contributed by atoms with Gasteiger partial charge in [0, 0.05) is 6.20 Å². The lowest BCUT2D eigenvalue weighted by Gasteiger charge is -2.17. The standard InChI is InChI=1S/C10H10F3NO4/c11-10(12,13)7-3-5(1-2-14-7)9(18)6(15)4-8(16)17/h1-3,6,9,15,18H,4H2,(H,16,17). The second kappa shape index (κ2) is 5.32. The van der Waals surface area contributed by atoms with Crippen molar-refractivity contribution in [2.45, 2.75) is 24.8 Å². The van der Waals surface area contributed by atoms with Gasteiger partial charge in [-0.2, -0.15) is 13.2 Å². The largest absolute Gasteiger partial charge is 0.481 e. The number of aliphatic carboxylic acids is 1. The second-order valence-corrected chi connectivity index (χ2v) is 3.58. The van der Waals surface area contributed by atoms with Crippen LogP contribution in [-0.4, -0.2) is 32.4 Å². The van der Waals surface area contributed by atoms with Crippen LogP contribution in [-0.2, 0) is 11.0 Å². The highest BCUT2D eigenvalue weighted by atomic mass is 19.4. The molecular weight excluding hydrogens is 255 g/mol. The fourth-order valence-electron chi connectivity index (χ4n) is 1.30. The van der Waals surface area contributed by atoms with Crippen LogP contribution >= 0.6 is 0 Å². The summed E-state index contributed by atoms with van der Waals surface area (Å²) in [6.07, 6.45) is -8.02. The summed E-state index contributed by atoms with van der Waals surface area (Å²) < 4.78 is 37.0. The lowest BCUT2D eigenvalue weighted by atomic mass is 10.0. The summed E-state index contributed by atoms with van der Waals surface area (Å²) in [6, 6.07) is 1.64. The van der Waals surface area contributed by atoms with Gasteiger partial charge in [0.2, 0.25) is 0 Å². The molecule has 8 heteroatoms. The number of aliphatic hydroxyl groups excluding tert-OH is 2. The number of carbonyl (C=O) groups is 1. The topological polar surface area (TPSA) is 90.7 Å². The fourth-order valence-corrected chi connectivity index (χ4v) is 1.30. The van der Waals surface area contributed by atoms with Gasteiger partial charge in [-0.15, -0.1) is 0 Å². The highest BCUT2D eigenvalue weighted by Crippen LogP contribution is 2.29. The number of rotatable bonds is 4. The normalized spacial score (nSPS) is 15.2. The van der Waals surface area contributed by atoms with Gasteiger partial charge in [-0.25, -0.2) is 0 Å². The quantitative estimate of drug-likeness (QED) is 0.754. The molecule has 0 aromatic carbocycles. The van der Waals surface area contributed by atoms with Gasteiger partial charge in [0.05, 0.1) is 12.5 Å². The second-order valence-electron chi connectivity index (χ2n) is 3.58. The van der Waals surface area contributed by atoms with Crippen molar-refractivity contribution in [2.75, 3.05) is 0 Å². The number of alkyl halides is 3. The molecule has 1 aromatic rings. The first-order chi connectivity index (χ1) is 8.21. The molecule has 0 aliphatic carbocycles. The number of pyridine rings is 1. The van der Waals surface area contributed by atoms with Crippen molar-refractivity contribution in [2.24, 2.45) is 0 Å². The molecule has 0 radical (unpaired) electrons. The molecule has 0 amide bonds. The minimum Gasteiger partial charge on any atom is -0.481 e. The van der Waals surface area contributed by atoms with Crippen LogP contribution in [0.1, 0.15) is 23.8 Å². The van der Waals surface area contributed by atoms with Crippen molar-refractivity contribution >= 4 is 5.97 Å². The number of carboxylic acid groups (broad SMARTS) is 1. The summed E-state index contributed by atoms with van der Waals surface area (Å²) in [5.41, 5.74) is -1.47. The van der Waals surface area contributed by atoms with Crippen LogP contribution in [0.2, 0.25) is 0 Å². The Morgan fingerprint density at radius 3 is 2.50 bits per heavy atom. The first-order valence-electron chi connectivity index (χ1n) is 4.83. The smallest absolute Gasteiger partial charge is 0.433 e. The molecule has 0 spiro atoms. The highest BCUT2D eigenvalue weighted by molar-refractivity contribution is 5.67. The van der Waals surface area contributed by atoms with Crippen LogP contribution in [0.5, 0.6) is 0 Å². The summed E-state index contributed by atoms with van der Waals surface area (Å²) in [4.78, 5) is 13.4. The Bertz CT molecular complexity index is 435. The number of aromatic nitrogens is 1. The molecule has 18 heavy (non-hydrogen) atoms. The van der Waals surface area contributed by atoms with E-state index in [1.165, 1.54) is 0 Å². The number of halogens is 3. The lowest BCUT2D eigenvalue weighted by molar-refractivity contribution is -0.143. The molecule has 2 atom stereocenters. The van der Waals surface area contributed by atoms with Gasteiger partial charge in [-0.3, -0.25) is 9.78 Å². The average Bonchev–Trinajstić information content (AvgIpc) is 2.26. The predicted molar refractivity (Wildman–Crippen MR) is 52.5 cm³/mol. The van der Waals surface area contributed by atoms with Crippen LogP contribution in [0.15, 0.2) is 18.3 Å². The van der Waals surface area contributed by atoms with Gasteiger partial charge >= 0.3 is 12.1 Å². The van der Waals surface area contributed by atoms with E-state index in [-0.39, 0.29) is 5.56 Å². The summed E-state index contributed by atoms with van der Waals surface area (Å²) >= 11 is 0. The minimum atomic E-state index is -4.67. The van der Waals surface area contributed by atoms with Crippen molar-refractivity contribution in [3.8, 4) is 0 Å². The van der Waals surface area contributed by atoms with E-state index in [0.29, 0.717) is 6.07 Å². The monoisotopic (exact) mass is 265 g/mol. The Morgan fingerprint density at radius 2 is 2.00 bits per heavy atom. The minimum absolute atomic E-state index is 0.244. The first kappa shape index (κ1) is 14.4. The molecule has 3 N–H and O–H groups in total. The van der Waals surface area contributed by atoms with Crippen molar-refractivity contribution < 1.29 is 33.3 Å². The third-order valence-corrected chi connectivity index (χ3v) is 2.16. The van der Waals surface area contributed by atoms with Crippen molar-refractivity contribution in [3.05, 3.63) is 29.6 Å². The zero-order chi connectivity index (χ0) is 13.9. The van der Waals surface area contributed by atoms with E-state index in [0.717, 1.165) is 12.3 Å². The van der Waals surface area contributed by atoms with Gasteiger partial charge in [-0.1, -0.05) is 0 Å². The molecule has 0 aliphatic heterocycles. The maximum Gasteiger partial charge on any atom is 0.433 e. The zero-order valence-corrected chi connectivity index (χ0v) is 8.92. The Labute approximate surface area is 99.5 Å². The zero-order valence-electron chi connectivity index (χ0n) is 8.92. The number of hydrogen-bond acceptors (Lipinski definition) is 4. The van der Waals surface area contributed by atoms with Crippen LogP contribution in [0.4, 0.5) is 13.2 Å². The van der Waals surface area contributed by atoms with Gasteiger partial charge < -0.3 is 15.3 Å². The first-order valence-corrected chi connectivity index (χ1v) is 4.83. The molecule has 1 rings (SSSR count). The molecule has 0 fully saturated rings.